The SMILES string of the molecule is CCCN1CCN(C(=O)NC(C)CC)CC1. The quantitative estimate of drug-likeness (QED) is 0.790. The van der Waals surface area contributed by atoms with Gasteiger partial charge in [0.2, 0.25) is 0 Å². The van der Waals surface area contributed by atoms with Gasteiger partial charge in [-0.1, -0.05) is 13.8 Å². The summed E-state index contributed by atoms with van der Waals surface area (Å²) in [4.78, 5) is 16.2. The van der Waals surface area contributed by atoms with Crippen LogP contribution in [0.2, 0.25) is 0 Å². The summed E-state index contributed by atoms with van der Waals surface area (Å²) in [5.41, 5.74) is 0. The molecule has 0 aromatic rings. The first-order valence-corrected chi connectivity index (χ1v) is 6.45. The summed E-state index contributed by atoms with van der Waals surface area (Å²) >= 11 is 0. The van der Waals surface area contributed by atoms with E-state index in [1.807, 2.05) is 11.8 Å². The van der Waals surface area contributed by atoms with Crippen LogP contribution in [0.3, 0.4) is 0 Å². The number of urea groups is 1. The van der Waals surface area contributed by atoms with Gasteiger partial charge < -0.3 is 10.2 Å². The topological polar surface area (TPSA) is 35.6 Å². The van der Waals surface area contributed by atoms with E-state index < -0.39 is 0 Å². The molecular formula is C12H25N3O. The summed E-state index contributed by atoms with van der Waals surface area (Å²) in [7, 11) is 0. The number of carbonyl (C=O) groups is 1. The van der Waals surface area contributed by atoms with E-state index in [1.54, 1.807) is 0 Å². The van der Waals surface area contributed by atoms with Crippen molar-refractivity contribution in [2.24, 2.45) is 0 Å². The maximum absolute atomic E-state index is 11.8. The molecule has 1 heterocycles. The van der Waals surface area contributed by atoms with Gasteiger partial charge in [-0.15, -0.1) is 0 Å². The molecule has 0 aromatic carbocycles. The number of carbonyl (C=O) groups excluding carboxylic acids is 1. The van der Waals surface area contributed by atoms with Crippen LogP contribution in [0.5, 0.6) is 0 Å². The highest BCUT2D eigenvalue weighted by molar-refractivity contribution is 5.74. The van der Waals surface area contributed by atoms with Gasteiger partial charge in [-0.3, -0.25) is 4.90 Å². The molecule has 0 bridgehead atoms. The Morgan fingerprint density at radius 2 is 1.88 bits per heavy atom. The Bertz CT molecular complexity index is 212. The minimum absolute atomic E-state index is 0.102. The molecule has 4 nitrogen and oxygen atoms in total. The maximum atomic E-state index is 11.8. The molecule has 1 saturated heterocycles. The highest BCUT2D eigenvalue weighted by atomic mass is 16.2. The maximum Gasteiger partial charge on any atom is 0.317 e. The Labute approximate surface area is 99.0 Å². The zero-order valence-corrected chi connectivity index (χ0v) is 10.8. The molecule has 0 aromatic heterocycles. The minimum atomic E-state index is 0.102. The van der Waals surface area contributed by atoms with Crippen molar-refractivity contribution >= 4 is 6.03 Å². The average Bonchev–Trinajstić information content (AvgIpc) is 2.30. The van der Waals surface area contributed by atoms with Crippen LogP contribution in [0.25, 0.3) is 0 Å². The van der Waals surface area contributed by atoms with Crippen LogP contribution in [0.15, 0.2) is 0 Å². The molecule has 0 saturated carbocycles. The lowest BCUT2D eigenvalue weighted by molar-refractivity contribution is 0.137. The lowest BCUT2D eigenvalue weighted by atomic mass is 10.2. The Kier molecular flexibility index (Phi) is 5.60. The van der Waals surface area contributed by atoms with Gasteiger partial charge in [-0.05, 0) is 26.3 Å². The monoisotopic (exact) mass is 227 g/mol. The first-order chi connectivity index (χ1) is 7.67. The number of hydrogen-bond acceptors (Lipinski definition) is 2. The van der Waals surface area contributed by atoms with Gasteiger partial charge in [0.1, 0.15) is 0 Å². The normalized spacial score (nSPS) is 19.6. The zero-order valence-electron chi connectivity index (χ0n) is 10.8. The van der Waals surface area contributed by atoms with Gasteiger partial charge in [0.15, 0.2) is 0 Å². The summed E-state index contributed by atoms with van der Waals surface area (Å²) in [6, 6.07) is 0.381. The molecule has 1 fully saturated rings. The first-order valence-electron chi connectivity index (χ1n) is 6.45. The molecule has 1 N–H and O–H groups in total. The molecule has 4 heteroatoms. The van der Waals surface area contributed by atoms with Crippen LogP contribution in [0, 0.1) is 0 Å². The molecule has 1 unspecified atom stereocenters. The molecule has 1 atom stereocenters. The van der Waals surface area contributed by atoms with Crippen LogP contribution >= 0.6 is 0 Å². The smallest absolute Gasteiger partial charge is 0.317 e. The number of nitrogens with one attached hydrogen (secondary N) is 1. The van der Waals surface area contributed by atoms with E-state index in [9.17, 15) is 4.79 Å². The molecule has 0 aliphatic carbocycles. The predicted octanol–water partition coefficient (Wildman–Crippen LogP) is 1.52. The van der Waals surface area contributed by atoms with Crippen molar-refractivity contribution in [2.75, 3.05) is 32.7 Å². The Hall–Kier alpha value is -0.770. The molecular weight excluding hydrogens is 202 g/mol. The van der Waals surface area contributed by atoms with Gasteiger partial charge in [-0.2, -0.15) is 0 Å². The van der Waals surface area contributed by atoms with Gasteiger partial charge in [0.25, 0.3) is 0 Å². The largest absolute Gasteiger partial charge is 0.336 e. The zero-order chi connectivity index (χ0) is 12.0. The minimum Gasteiger partial charge on any atom is -0.336 e. The number of amides is 2. The Morgan fingerprint density at radius 3 is 2.38 bits per heavy atom. The first kappa shape index (κ1) is 13.3. The standard InChI is InChI=1S/C12H25N3O/c1-4-6-14-7-9-15(10-8-14)12(16)13-11(3)5-2/h11H,4-10H2,1-3H3,(H,13,16). The van der Waals surface area contributed by atoms with Crippen molar-refractivity contribution in [3.63, 3.8) is 0 Å². The average molecular weight is 227 g/mol. The summed E-state index contributed by atoms with van der Waals surface area (Å²) in [5, 5.41) is 3.01. The van der Waals surface area contributed by atoms with E-state index in [0.717, 1.165) is 39.1 Å². The Morgan fingerprint density at radius 1 is 1.25 bits per heavy atom. The highest BCUT2D eigenvalue weighted by Crippen LogP contribution is 2.03. The van der Waals surface area contributed by atoms with Crippen molar-refractivity contribution in [2.45, 2.75) is 39.7 Å². The van der Waals surface area contributed by atoms with Crippen molar-refractivity contribution in [3.8, 4) is 0 Å². The predicted molar refractivity (Wildman–Crippen MR) is 66.6 cm³/mol. The summed E-state index contributed by atoms with van der Waals surface area (Å²) in [6.07, 6.45) is 2.18. The van der Waals surface area contributed by atoms with E-state index in [4.69, 9.17) is 0 Å². The van der Waals surface area contributed by atoms with E-state index in [1.165, 1.54) is 6.42 Å². The molecule has 1 aliphatic heterocycles. The van der Waals surface area contributed by atoms with Crippen molar-refractivity contribution in [1.82, 2.24) is 15.1 Å². The fourth-order valence-corrected chi connectivity index (χ4v) is 1.89. The van der Waals surface area contributed by atoms with Crippen molar-refractivity contribution in [1.29, 1.82) is 0 Å². The molecule has 16 heavy (non-hydrogen) atoms. The van der Waals surface area contributed by atoms with Crippen LogP contribution < -0.4 is 5.32 Å². The van der Waals surface area contributed by atoms with Gasteiger partial charge >= 0.3 is 6.03 Å². The van der Waals surface area contributed by atoms with E-state index in [2.05, 4.69) is 24.1 Å². The highest BCUT2D eigenvalue weighted by Gasteiger charge is 2.20. The summed E-state index contributed by atoms with van der Waals surface area (Å²) < 4.78 is 0. The number of hydrogen-bond donors (Lipinski definition) is 1. The van der Waals surface area contributed by atoms with Crippen molar-refractivity contribution < 1.29 is 4.79 Å². The van der Waals surface area contributed by atoms with Crippen molar-refractivity contribution in [3.05, 3.63) is 0 Å². The van der Waals surface area contributed by atoms with Crippen LogP contribution in [-0.4, -0.2) is 54.6 Å². The third-order valence-corrected chi connectivity index (χ3v) is 3.18. The number of rotatable bonds is 4. The lowest BCUT2D eigenvalue weighted by Gasteiger charge is -2.35. The second-order valence-electron chi connectivity index (χ2n) is 4.59. The fourth-order valence-electron chi connectivity index (χ4n) is 1.89. The molecule has 2 amide bonds. The second-order valence-corrected chi connectivity index (χ2v) is 4.59. The molecule has 0 radical (unpaired) electrons. The third-order valence-electron chi connectivity index (χ3n) is 3.18. The third kappa shape index (κ3) is 4.00. The lowest BCUT2D eigenvalue weighted by Crippen LogP contribution is -2.53. The van der Waals surface area contributed by atoms with E-state index in [0.29, 0.717) is 0 Å². The number of nitrogens with zero attached hydrogens (tertiary/aromatic N) is 2. The molecule has 0 spiro atoms. The fraction of sp³-hybridized carbons (Fsp3) is 0.917. The molecule has 1 aliphatic rings. The summed E-state index contributed by atoms with van der Waals surface area (Å²) in [6.45, 7) is 11.2. The van der Waals surface area contributed by atoms with E-state index >= 15 is 0 Å². The summed E-state index contributed by atoms with van der Waals surface area (Å²) in [5.74, 6) is 0. The second kappa shape index (κ2) is 6.74. The van der Waals surface area contributed by atoms with Crippen LogP contribution in [-0.2, 0) is 0 Å². The van der Waals surface area contributed by atoms with Gasteiger partial charge in [-0.25, -0.2) is 4.79 Å². The Balaban J connectivity index is 2.27. The van der Waals surface area contributed by atoms with Crippen LogP contribution in [0.1, 0.15) is 33.6 Å². The molecule has 1 rings (SSSR count). The van der Waals surface area contributed by atoms with Crippen LogP contribution in [0.4, 0.5) is 4.79 Å². The van der Waals surface area contributed by atoms with Gasteiger partial charge in [0.05, 0.1) is 0 Å². The molecule has 94 valence electrons. The van der Waals surface area contributed by atoms with Gasteiger partial charge in [0, 0.05) is 32.2 Å². The number of piperazine rings is 1. The van der Waals surface area contributed by atoms with E-state index in [-0.39, 0.29) is 12.1 Å².